The van der Waals surface area contributed by atoms with Crippen LogP contribution in [-0.2, 0) is 4.79 Å². The van der Waals surface area contributed by atoms with Crippen LogP contribution >= 0.6 is 0 Å². The summed E-state index contributed by atoms with van der Waals surface area (Å²) in [5.41, 5.74) is -0.144. The first-order valence-corrected chi connectivity index (χ1v) is 3.49. The van der Waals surface area contributed by atoms with E-state index in [0.29, 0.717) is 0 Å². The van der Waals surface area contributed by atoms with Crippen LogP contribution in [-0.4, -0.2) is 16.9 Å². The standard InChI is InChI=1S/C8H4FN2O2/c9-5-3-11-7-4(1-2-10-7)6(5)8(12)13/h1-3H,(H,12,13). The number of fused-ring (bicyclic) bond motifs is 1. The van der Waals surface area contributed by atoms with Gasteiger partial charge < -0.3 is 5.11 Å². The molecule has 5 heteroatoms. The summed E-state index contributed by atoms with van der Waals surface area (Å²) in [4.78, 5) is 14.4. The normalized spacial score (nSPS) is 19.2. The van der Waals surface area contributed by atoms with Crippen molar-refractivity contribution in [1.29, 1.82) is 0 Å². The lowest BCUT2D eigenvalue weighted by Crippen LogP contribution is -2.20. The number of aliphatic carboxylic acids is 1. The summed E-state index contributed by atoms with van der Waals surface area (Å²) in [7, 11) is 0. The molecule has 0 aromatic heterocycles. The van der Waals surface area contributed by atoms with Crippen molar-refractivity contribution >= 4 is 11.8 Å². The number of halogens is 1. The zero-order valence-corrected chi connectivity index (χ0v) is 6.36. The van der Waals surface area contributed by atoms with Gasteiger partial charge in [-0.1, -0.05) is 0 Å². The first-order valence-electron chi connectivity index (χ1n) is 3.49. The van der Waals surface area contributed by atoms with Crippen LogP contribution < -0.4 is 5.32 Å². The number of carbonyl (C=O) groups is 1. The lowest BCUT2D eigenvalue weighted by atomic mass is 10.0. The highest BCUT2D eigenvalue weighted by Gasteiger charge is 2.27. The molecule has 2 aliphatic heterocycles. The Hall–Kier alpha value is -1.91. The average molecular weight is 179 g/mol. The van der Waals surface area contributed by atoms with Crippen molar-refractivity contribution in [3.63, 3.8) is 0 Å². The molecule has 13 heavy (non-hydrogen) atoms. The molecule has 0 bridgehead atoms. The van der Waals surface area contributed by atoms with Crippen molar-refractivity contribution in [1.82, 2.24) is 5.32 Å². The van der Waals surface area contributed by atoms with E-state index < -0.39 is 11.8 Å². The third kappa shape index (κ3) is 1.05. The third-order valence-electron chi connectivity index (χ3n) is 1.70. The molecule has 0 atom stereocenters. The van der Waals surface area contributed by atoms with Crippen LogP contribution in [0.2, 0.25) is 0 Å². The van der Waals surface area contributed by atoms with Crippen molar-refractivity contribution < 1.29 is 14.3 Å². The van der Waals surface area contributed by atoms with Gasteiger partial charge in [-0.25, -0.2) is 19.5 Å². The predicted molar refractivity (Wildman–Crippen MR) is 42.6 cm³/mol. The van der Waals surface area contributed by atoms with Crippen LogP contribution in [0.3, 0.4) is 0 Å². The molecule has 0 amide bonds. The van der Waals surface area contributed by atoms with Crippen molar-refractivity contribution in [2.24, 2.45) is 4.99 Å². The van der Waals surface area contributed by atoms with E-state index in [2.05, 4.69) is 10.3 Å². The van der Waals surface area contributed by atoms with Crippen LogP contribution in [0.15, 0.2) is 40.4 Å². The first kappa shape index (κ1) is 7.72. The molecule has 65 valence electrons. The van der Waals surface area contributed by atoms with Gasteiger partial charge in [0, 0.05) is 11.8 Å². The summed E-state index contributed by atoms with van der Waals surface area (Å²) < 4.78 is 13.0. The second-order valence-electron chi connectivity index (χ2n) is 2.47. The number of rotatable bonds is 1. The lowest BCUT2D eigenvalue weighted by molar-refractivity contribution is -0.132. The van der Waals surface area contributed by atoms with E-state index in [0.717, 1.165) is 6.20 Å². The second-order valence-corrected chi connectivity index (χ2v) is 2.47. The van der Waals surface area contributed by atoms with Gasteiger partial charge in [0.2, 0.25) is 0 Å². The third-order valence-corrected chi connectivity index (χ3v) is 1.70. The molecule has 0 spiro atoms. The van der Waals surface area contributed by atoms with Gasteiger partial charge >= 0.3 is 5.97 Å². The fraction of sp³-hybridized carbons (Fsp3) is 0. The van der Waals surface area contributed by atoms with Gasteiger partial charge in [-0.15, -0.1) is 0 Å². The van der Waals surface area contributed by atoms with E-state index in [9.17, 15) is 9.18 Å². The highest BCUT2D eigenvalue weighted by Crippen LogP contribution is 2.24. The van der Waals surface area contributed by atoms with Crippen molar-refractivity contribution in [2.75, 3.05) is 0 Å². The molecular weight excluding hydrogens is 175 g/mol. The molecule has 2 rings (SSSR count). The molecule has 2 heterocycles. The van der Waals surface area contributed by atoms with Gasteiger partial charge in [0.05, 0.1) is 6.20 Å². The Morgan fingerprint density at radius 3 is 3.00 bits per heavy atom. The number of aliphatic imine (C=N–C) groups is 1. The summed E-state index contributed by atoms with van der Waals surface area (Å²) in [5, 5.41) is 12.3. The minimum Gasteiger partial charge on any atom is -0.478 e. The Kier molecular flexibility index (Phi) is 1.51. The largest absolute Gasteiger partial charge is 0.478 e. The van der Waals surface area contributed by atoms with E-state index in [1.54, 1.807) is 0 Å². The smallest absolute Gasteiger partial charge is 0.339 e. The Bertz CT molecular complexity index is 404. The number of hydrogen-bond acceptors (Lipinski definition) is 2. The molecule has 2 aliphatic rings. The van der Waals surface area contributed by atoms with Crippen LogP contribution in [0.1, 0.15) is 0 Å². The SMILES string of the molecule is O=C(O)C1=C2C=CN=C2[N]C=C1F. The van der Waals surface area contributed by atoms with Crippen LogP contribution in [0.4, 0.5) is 4.39 Å². The number of amidine groups is 1. The molecule has 1 radical (unpaired) electrons. The lowest BCUT2D eigenvalue weighted by Gasteiger charge is -2.10. The predicted octanol–water partition coefficient (Wildman–Crippen LogP) is 0.722. The topological polar surface area (TPSA) is 63.8 Å². The molecule has 0 saturated heterocycles. The van der Waals surface area contributed by atoms with E-state index in [4.69, 9.17) is 5.11 Å². The molecular formula is C8H4FN2O2. The maximum atomic E-state index is 13.0. The van der Waals surface area contributed by atoms with Crippen LogP contribution in [0.5, 0.6) is 0 Å². The Labute approximate surface area is 72.8 Å². The van der Waals surface area contributed by atoms with Crippen molar-refractivity contribution in [2.45, 2.75) is 0 Å². The van der Waals surface area contributed by atoms with E-state index >= 15 is 0 Å². The quantitative estimate of drug-likeness (QED) is 0.644. The zero-order chi connectivity index (χ0) is 9.42. The minimum atomic E-state index is -1.31. The van der Waals surface area contributed by atoms with Gasteiger partial charge in [0.25, 0.3) is 0 Å². The first-order chi connectivity index (χ1) is 6.20. The fourth-order valence-electron chi connectivity index (χ4n) is 1.15. The van der Waals surface area contributed by atoms with Crippen molar-refractivity contribution in [3.05, 3.63) is 35.4 Å². The van der Waals surface area contributed by atoms with E-state index in [1.807, 2.05) is 0 Å². The molecule has 0 aromatic carbocycles. The number of carboxylic acid groups (broad SMARTS) is 1. The maximum absolute atomic E-state index is 13.0. The molecule has 0 aromatic rings. The number of nitrogens with zero attached hydrogens (tertiary/aromatic N) is 2. The molecule has 0 unspecified atom stereocenters. The van der Waals surface area contributed by atoms with Crippen LogP contribution in [0, 0.1) is 0 Å². The monoisotopic (exact) mass is 179 g/mol. The summed E-state index contributed by atoms with van der Waals surface area (Å²) in [6.07, 6.45) is 3.68. The summed E-state index contributed by atoms with van der Waals surface area (Å²) >= 11 is 0. The Morgan fingerprint density at radius 2 is 2.31 bits per heavy atom. The van der Waals surface area contributed by atoms with Gasteiger partial charge in [0.15, 0.2) is 11.7 Å². The van der Waals surface area contributed by atoms with Crippen LogP contribution in [0.25, 0.3) is 0 Å². The maximum Gasteiger partial charge on any atom is 0.339 e. The molecule has 0 fully saturated rings. The van der Waals surface area contributed by atoms with Gasteiger partial charge in [-0.2, -0.15) is 0 Å². The number of carboxylic acids is 1. The zero-order valence-electron chi connectivity index (χ0n) is 6.36. The van der Waals surface area contributed by atoms with Gasteiger partial charge in [-0.05, 0) is 6.08 Å². The number of hydrogen-bond donors (Lipinski definition) is 1. The second kappa shape index (κ2) is 2.55. The van der Waals surface area contributed by atoms with Gasteiger partial charge in [0.1, 0.15) is 5.57 Å². The average Bonchev–Trinajstić information content (AvgIpc) is 2.50. The highest BCUT2D eigenvalue weighted by atomic mass is 19.1. The van der Waals surface area contributed by atoms with E-state index in [-0.39, 0.29) is 17.0 Å². The van der Waals surface area contributed by atoms with Crippen molar-refractivity contribution in [3.8, 4) is 0 Å². The molecule has 0 aliphatic carbocycles. The van der Waals surface area contributed by atoms with Gasteiger partial charge in [-0.3, -0.25) is 0 Å². The summed E-state index contributed by atoms with van der Waals surface area (Å²) in [6, 6.07) is 0. The molecule has 0 saturated carbocycles. The summed E-state index contributed by atoms with van der Waals surface area (Å²) in [6.45, 7) is 0. The minimum absolute atomic E-state index is 0.229. The highest BCUT2D eigenvalue weighted by molar-refractivity contribution is 6.12. The molecule has 1 N–H and O–H groups in total. The molecule has 4 nitrogen and oxygen atoms in total. The summed E-state index contributed by atoms with van der Waals surface area (Å²) in [5.74, 6) is -1.90. The Balaban J connectivity index is 2.59. The van der Waals surface area contributed by atoms with E-state index in [1.165, 1.54) is 12.3 Å². The fourth-order valence-corrected chi connectivity index (χ4v) is 1.15. The Morgan fingerprint density at radius 1 is 1.54 bits per heavy atom.